The molecule has 1 amide bonds. The number of piperazine rings is 1. The Hall–Kier alpha value is -3.01. The summed E-state index contributed by atoms with van der Waals surface area (Å²) in [6, 6.07) is 7.23. The summed E-state index contributed by atoms with van der Waals surface area (Å²) in [5, 5.41) is 2.22. The fourth-order valence-electron chi connectivity index (χ4n) is 3.72. The molecule has 0 aliphatic carbocycles. The van der Waals surface area contributed by atoms with Gasteiger partial charge in [-0.25, -0.2) is 9.97 Å². The summed E-state index contributed by atoms with van der Waals surface area (Å²) in [6.07, 6.45) is 6.86. The lowest BCUT2D eigenvalue weighted by atomic mass is 10.2. The highest BCUT2D eigenvalue weighted by Crippen LogP contribution is 2.19. The monoisotopic (exact) mass is 454 g/mol. The molecular weight excluding hydrogens is 436 g/mol. The number of amides is 1. The summed E-state index contributed by atoms with van der Waals surface area (Å²) in [5.74, 6) is -0.0574. The molecule has 1 aliphatic rings. The van der Waals surface area contributed by atoms with Gasteiger partial charge in [0.05, 0.1) is 11.4 Å². The number of fused-ring (bicyclic) bond motifs is 2. The van der Waals surface area contributed by atoms with Crippen molar-refractivity contribution in [2.75, 3.05) is 26.2 Å². The van der Waals surface area contributed by atoms with Crippen molar-refractivity contribution in [2.45, 2.75) is 6.54 Å². The minimum atomic E-state index is -0.0637. The molecule has 0 spiro atoms. The van der Waals surface area contributed by atoms with Crippen molar-refractivity contribution in [3.05, 3.63) is 75.0 Å². The number of hydrogen-bond donors (Lipinski definition) is 0. The maximum atomic E-state index is 12.7. The molecular formula is C21H19ClN6O2S. The summed E-state index contributed by atoms with van der Waals surface area (Å²) >= 11 is 7.67. The van der Waals surface area contributed by atoms with Crippen molar-refractivity contribution in [3.8, 4) is 0 Å². The van der Waals surface area contributed by atoms with Crippen LogP contribution in [-0.2, 0) is 11.3 Å². The second kappa shape index (κ2) is 8.26. The number of aromatic nitrogens is 4. The summed E-state index contributed by atoms with van der Waals surface area (Å²) in [6.45, 7) is 3.27. The molecule has 8 nitrogen and oxygen atoms in total. The van der Waals surface area contributed by atoms with Gasteiger partial charge in [0, 0.05) is 62.6 Å². The molecule has 1 fully saturated rings. The average Bonchev–Trinajstić information content (AvgIpc) is 3.36. The summed E-state index contributed by atoms with van der Waals surface area (Å²) < 4.78 is 3.40. The minimum absolute atomic E-state index is 0.0574. The van der Waals surface area contributed by atoms with Crippen LogP contribution in [0.5, 0.6) is 0 Å². The normalized spacial score (nSPS) is 15.5. The number of halogens is 1. The Morgan fingerprint density at radius 3 is 2.81 bits per heavy atom. The molecule has 158 valence electrons. The topological polar surface area (TPSA) is 75.2 Å². The number of nitrogens with zero attached hydrogens (tertiary/aromatic N) is 6. The zero-order valence-electron chi connectivity index (χ0n) is 16.5. The molecule has 4 aromatic heterocycles. The number of rotatable bonds is 4. The van der Waals surface area contributed by atoms with Crippen LogP contribution in [0.2, 0.25) is 5.15 Å². The molecule has 0 aromatic carbocycles. The van der Waals surface area contributed by atoms with Crippen LogP contribution in [0.1, 0.15) is 11.4 Å². The van der Waals surface area contributed by atoms with Crippen LogP contribution >= 0.6 is 22.9 Å². The van der Waals surface area contributed by atoms with Crippen LogP contribution in [0.4, 0.5) is 0 Å². The van der Waals surface area contributed by atoms with Crippen molar-refractivity contribution in [1.29, 1.82) is 0 Å². The standard InChI is InChI=1S/C21H19ClN6O2S/c22-20-16(27-6-2-1-3-17(27)24-20)4-5-18(29)26-9-7-25(8-10-26)14-15-13-19(30)28-11-12-31-21(28)23-15/h1-6,11-13H,7-10,14H2/b5-4+. The molecule has 0 bridgehead atoms. The third-order valence-corrected chi connectivity index (χ3v) is 6.37. The Kier molecular flexibility index (Phi) is 5.31. The highest BCUT2D eigenvalue weighted by Gasteiger charge is 2.20. The maximum absolute atomic E-state index is 12.7. The molecule has 0 saturated carbocycles. The predicted octanol–water partition coefficient (Wildman–Crippen LogP) is 2.41. The number of carbonyl (C=O) groups excluding carboxylic acids is 1. The van der Waals surface area contributed by atoms with Crippen molar-refractivity contribution in [1.82, 2.24) is 28.6 Å². The lowest BCUT2D eigenvalue weighted by Gasteiger charge is -2.34. The molecule has 31 heavy (non-hydrogen) atoms. The van der Waals surface area contributed by atoms with E-state index < -0.39 is 0 Å². The summed E-state index contributed by atoms with van der Waals surface area (Å²) in [5.41, 5.74) is 2.12. The van der Waals surface area contributed by atoms with E-state index in [1.165, 1.54) is 11.3 Å². The van der Waals surface area contributed by atoms with Gasteiger partial charge in [0.15, 0.2) is 10.1 Å². The first-order chi connectivity index (χ1) is 15.1. The smallest absolute Gasteiger partial charge is 0.258 e. The highest BCUT2D eigenvalue weighted by atomic mass is 35.5. The van der Waals surface area contributed by atoms with Crippen molar-refractivity contribution >= 4 is 45.5 Å². The van der Waals surface area contributed by atoms with Crippen molar-refractivity contribution < 1.29 is 4.79 Å². The van der Waals surface area contributed by atoms with E-state index in [4.69, 9.17) is 11.6 Å². The molecule has 5 rings (SSSR count). The lowest BCUT2D eigenvalue weighted by Crippen LogP contribution is -2.48. The molecule has 0 unspecified atom stereocenters. The first kappa shape index (κ1) is 19.9. The third kappa shape index (κ3) is 3.99. The van der Waals surface area contributed by atoms with Gasteiger partial charge in [-0.2, -0.15) is 0 Å². The first-order valence-electron chi connectivity index (χ1n) is 9.86. The van der Waals surface area contributed by atoms with E-state index in [2.05, 4.69) is 14.9 Å². The number of carbonyl (C=O) groups is 1. The summed E-state index contributed by atoms with van der Waals surface area (Å²) in [7, 11) is 0. The van der Waals surface area contributed by atoms with Gasteiger partial charge in [0.1, 0.15) is 5.65 Å². The molecule has 1 aliphatic heterocycles. The van der Waals surface area contributed by atoms with Crippen LogP contribution in [0.15, 0.2) is 52.9 Å². The Labute approximate surface area is 186 Å². The number of thiazole rings is 1. The number of hydrogen-bond acceptors (Lipinski definition) is 6. The van der Waals surface area contributed by atoms with Crippen molar-refractivity contribution in [3.63, 3.8) is 0 Å². The van der Waals surface area contributed by atoms with E-state index in [1.807, 2.05) is 39.1 Å². The molecule has 4 aromatic rings. The Morgan fingerprint density at radius 1 is 1.13 bits per heavy atom. The van der Waals surface area contributed by atoms with Crippen LogP contribution in [0.3, 0.4) is 0 Å². The van der Waals surface area contributed by atoms with Gasteiger partial charge >= 0.3 is 0 Å². The van der Waals surface area contributed by atoms with E-state index in [1.54, 1.807) is 28.8 Å². The summed E-state index contributed by atoms with van der Waals surface area (Å²) in [4.78, 5) is 38.4. The molecule has 10 heteroatoms. The van der Waals surface area contributed by atoms with Gasteiger partial charge in [-0.1, -0.05) is 17.7 Å². The molecule has 0 atom stereocenters. The quantitative estimate of drug-likeness (QED) is 0.443. The fraction of sp³-hybridized carbons (Fsp3) is 0.238. The minimum Gasteiger partial charge on any atom is -0.337 e. The highest BCUT2D eigenvalue weighted by molar-refractivity contribution is 7.15. The predicted molar refractivity (Wildman–Crippen MR) is 120 cm³/mol. The van der Waals surface area contributed by atoms with E-state index in [0.717, 1.165) is 24.4 Å². The van der Waals surface area contributed by atoms with Gasteiger partial charge in [0.25, 0.3) is 5.56 Å². The van der Waals surface area contributed by atoms with Crippen LogP contribution in [0, 0.1) is 0 Å². The lowest BCUT2D eigenvalue weighted by molar-refractivity contribution is -0.127. The largest absolute Gasteiger partial charge is 0.337 e. The zero-order valence-corrected chi connectivity index (χ0v) is 18.1. The Balaban J connectivity index is 1.21. The zero-order chi connectivity index (χ0) is 21.4. The Morgan fingerprint density at radius 2 is 1.97 bits per heavy atom. The second-order valence-corrected chi connectivity index (χ2v) is 8.52. The maximum Gasteiger partial charge on any atom is 0.258 e. The Bertz CT molecular complexity index is 1350. The average molecular weight is 455 g/mol. The van der Waals surface area contributed by atoms with Gasteiger partial charge in [0.2, 0.25) is 5.91 Å². The molecule has 1 saturated heterocycles. The van der Waals surface area contributed by atoms with E-state index >= 15 is 0 Å². The molecule has 0 N–H and O–H groups in total. The number of imidazole rings is 1. The van der Waals surface area contributed by atoms with Crippen molar-refractivity contribution in [2.24, 2.45) is 0 Å². The molecule has 5 heterocycles. The fourth-order valence-corrected chi connectivity index (χ4v) is 4.69. The van der Waals surface area contributed by atoms with Gasteiger partial charge < -0.3 is 4.90 Å². The van der Waals surface area contributed by atoms with Gasteiger partial charge in [-0.3, -0.25) is 23.3 Å². The SMILES string of the molecule is O=C(/C=C/c1c(Cl)nc2ccccn12)N1CCN(Cc2cc(=O)n3ccsc3n2)CC1. The van der Waals surface area contributed by atoms with E-state index in [-0.39, 0.29) is 11.5 Å². The van der Waals surface area contributed by atoms with E-state index in [0.29, 0.717) is 35.4 Å². The van der Waals surface area contributed by atoms with Gasteiger partial charge in [-0.05, 0) is 18.2 Å². The van der Waals surface area contributed by atoms with Gasteiger partial charge in [-0.15, -0.1) is 11.3 Å². The molecule has 0 radical (unpaired) electrons. The van der Waals surface area contributed by atoms with Crippen LogP contribution in [-0.4, -0.2) is 60.7 Å². The van der Waals surface area contributed by atoms with Crippen LogP contribution in [0.25, 0.3) is 16.7 Å². The van der Waals surface area contributed by atoms with E-state index in [9.17, 15) is 9.59 Å². The third-order valence-electron chi connectivity index (χ3n) is 5.33. The second-order valence-electron chi connectivity index (χ2n) is 7.29. The number of pyridine rings is 1. The first-order valence-corrected chi connectivity index (χ1v) is 11.1. The van der Waals surface area contributed by atoms with Crippen LogP contribution < -0.4 is 5.56 Å².